The van der Waals surface area contributed by atoms with Crippen molar-refractivity contribution in [2.45, 2.75) is 59.9 Å². The molecule has 1 aromatic heterocycles. The van der Waals surface area contributed by atoms with E-state index in [1.807, 2.05) is 11.3 Å². The van der Waals surface area contributed by atoms with Crippen molar-refractivity contribution in [1.29, 1.82) is 0 Å². The molecule has 3 nitrogen and oxygen atoms in total. The smallest absolute Gasteiger partial charge is 0.185 e. The van der Waals surface area contributed by atoms with E-state index in [0.29, 0.717) is 0 Å². The van der Waals surface area contributed by atoms with Crippen LogP contribution in [0.4, 0.5) is 5.13 Å². The molecular formula is C17H31N3S. The van der Waals surface area contributed by atoms with E-state index in [9.17, 15) is 0 Å². The van der Waals surface area contributed by atoms with Crippen molar-refractivity contribution >= 4 is 16.5 Å². The molecule has 1 aliphatic rings. The minimum Gasteiger partial charge on any atom is -0.348 e. The van der Waals surface area contributed by atoms with Crippen LogP contribution in [-0.2, 0) is 12.0 Å². The summed E-state index contributed by atoms with van der Waals surface area (Å²) in [5.41, 5.74) is 1.40. The number of rotatable bonds is 5. The van der Waals surface area contributed by atoms with Crippen LogP contribution in [0.5, 0.6) is 0 Å². The Kier molecular flexibility index (Phi) is 5.31. The van der Waals surface area contributed by atoms with Crippen molar-refractivity contribution in [2.75, 3.05) is 24.5 Å². The fourth-order valence-corrected chi connectivity index (χ4v) is 4.20. The molecule has 0 amide bonds. The Balaban J connectivity index is 2.19. The first-order valence-corrected chi connectivity index (χ1v) is 9.10. The average Bonchev–Trinajstić information content (AvgIpc) is 3.01. The van der Waals surface area contributed by atoms with Crippen LogP contribution in [0.15, 0.2) is 0 Å². The van der Waals surface area contributed by atoms with Crippen LogP contribution in [0.25, 0.3) is 0 Å². The lowest BCUT2D eigenvalue weighted by atomic mass is 9.91. The predicted molar refractivity (Wildman–Crippen MR) is 93.4 cm³/mol. The molecule has 1 N–H and O–H groups in total. The molecule has 0 bridgehead atoms. The minimum atomic E-state index is 0.122. The highest BCUT2D eigenvalue weighted by atomic mass is 32.1. The fourth-order valence-electron chi connectivity index (χ4n) is 2.92. The molecule has 1 fully saturated rings. The zero-order valence-electron chi connectivity index (χ0n) is 14.5. The molecule has 0 spiro atoms. The largest absolute Gasteiger partial charge is 0.348 e. The summed E-state index contributed by atoms with van der Waals surface area (Å²) in [5, 5.41) is 4.69. The number of hydrogen-bond donors (Lipinski definition) is 1. The van der Waals surface area contributed by atoms with E-state index < -0.39 is 0 Å². The first-order chi connectivity index (χ1) is 9.82. The maximum absolute atomic E-state index is 5.01. The second-order valence-corrected chi connectivity index (χ2v) is 8.60. The van der Waals surface area contributed by atoms with E-state index in [4.69, 9.17) is 4.98 Å². The summed E-state index contributed by atoms with van der Waals surface area (Å²) in [6.45, 7) is 17.9. The van der Waals surface area contributed by atoms with Gasteiger partial charge in [-0.2, -0.15) is 0 Å². The van der Waals surface area contributed by atoms with E-state index >= 15 is 0 Å². The second kappa shape index (κ2) is 6.66. The number of hydrogen-bond acceptors (Lipinski definition) is 4. The highest BCUT2D eigenvalue weighted by molar-refractivity contribution is 7.15. The SMILES string of the molecule is CCNCc1sc(N2CCC(C(C)C)C2)nc1C(C)(C)C. The lowest BCUT2D eigenvalue weighted by Crippen LogP contribution is -2.21. The molecule has 4 heteroatoms. The van der Waals surface area contributed by atoms with E-state index in [2.05, 4.69) is 51.8 Å². The third kappa shape index (κ3) is 3.98. The summed E-state index contributed by atoms with van der Waals surface area (Å²) in [4.78, 5) is 8.92. The van der Waals surface area contributed by atoms with Gasteiger partial charge in [-0.1, -0.05) is 41.5 Å². The predicted octanol–water partition coefficient (Wildman–Crippen LogP) is 4.03. The minimum absolute atomic E-state index is 0.122. The van der Waals surface area contributed by atoms with Crippen LogP contribution in [0.3, 0.4) is 0 Å². The first-order valence-electron chi connectivity index (χ1n) is 8.28. The van der Waals surface area contributed by atoms with Gasteiger partial charge in [0.1, 0.15) is 0 Å². The maximum atomic E-state index is 5.01. The Morgan fingerprint density at radius 1 is 1.38 bits per heavy atom. The molecule has 1 unspecified atom stereocenters. The second-order valence-electron chi connectivity index (χ2n) is 7.54. The molecule has 1 aromatic rings. The van der Waals surface area contributed by atoms with Crippen molar-refractivity contribution in [3.05, 3.63) is 10.6 Å². The number of nitrogens with one attached hydrogen (secondary N) is 1. The fraction of sp³-hybridized carbons (Fsp3) is 0.824. The molecular weight excluding hydrogens is 278 g/mol. The van der Waals surface area contributed by atoms with Crippen molar-refractivity contribution in [3.8, 4) is 0 Å². The summed E-state index contributed by atoms with van der Waals surface area (Å²) in [6, 6.07) is 0. The van der Waals surface area contributed by atoms with Crippen molar-refractivity contribution < 1.29 is 0 Å². The Morgan fingerprint density at radius 2 is 2.10 bits per heavy atom. The molecule has 0 radical (unpaired) electrons. The summed E-state index contributed by atoms with van der Waals surface area (Å²) in [6.07, 6.45) is 1.31. The lowest BCUT2D eigenvalue weighted by molar-refractivity contribution is 0.422. The number of thiazole rings is 1. The summed E-state index contributed by atoms with van der Waals surface area (Å²) >= 11 is 1.89. The molecule has 1 atom stereocenters. The quantitative estimate of drug-likeness (QED) is 0.890. The summed E-state index contributed by atoms with van der Waals surface area (Å²) in [5.74, 6) is 1.60. The van der Waals surface area contributed by atoms with Gasteiger partial charge in [0.05, 0.1) is 5.69 Å². The van der Waals surface area contributed by atoms with Gasteiger partial charge in [-0.15, -0.1) is 11.3 Å². The van der Waals surface area contributed by atoms with Crippen LogP contribution in [0, 0.1) is 11.8 Å². The van der Waals surface area contributed by atoms with Gasteiger partial charge in [0.2, 0.25) is 0 Å². The topological polar surface area (TPSA) is 28.2 Å². The Morgan fingerprint density at radius 3 is 2.62 bits per heavy atom. The van der Waals surface area contributed by atoms with E-state index in [1.54, 1.807) is 0 Å². The zero-order valence-corrected chi connectivity index (χ0v) is 15.3. The third-order valence-electron chi connectivity index (χ3n) is 4.37. The van der Waals surface area contributed by atoms with Crippen LogP contribution in [0.1, 0.15) is 58.5 Å². The first kappa shape index (κ1) is 16.8. The van der Waals surface area contributed by atoms with Crippen molar-refractivity contribution in [2.24, 2.45) is 11.8 Å². The molecule has 0 aromatic carbocycles. The number of nitrogens with zero attached hydrogens (tertiary/aromatic N) is 2. The van der Waals surface area contributed by atoms with Gasteiger partial charge < -0.3 is 10.2 Å². The maximum Gasteiger partial charge on any atom is 0.185 e. The van der Waals surface area contributed by atoms with Crippen LogP contribution in [-0.4, -0.2) is 24.6 Å². The number of anilines is 1. The molecule has 2 rings (SSSR count). The normalized spacial score (nSPS) is 19.8. The van der Waals surface area contributed by atoms with E-state index in [-0.39, 0.29) is 5.41 Å². The zero-order chi connectivity index (χ0) is 15.6. The highest BCUT2D eigenvalue weighted by Gasteiger charge is 2.29. The van der Waals surface area contributed by atoms with Crippen LogP contribution >= 0.6 is 11.3 Å². The molecule has 0 aliphatic carbocycles. The van der Waals surface area contributed by atoms with Gasteiger partial charge >= 0.3 is 0 Å². The standard InChI is InChI=1S/C17H31N3S/c1-7-18-10-14-15(17(4,5)6)19-16(21-14)20-9-8-13(11-20)12(2)3/h12-13,18H,7-11H2,1-6H3. The van der Waals surface area contributed by atoms with Crippen molar-refractivity contribution in [1.82, 2.24) is 10.3 Å². The Labute approximate surface area is 134 Å². The Bertz CT molecular complexity index is 459. The van der Waals surface area contributed by atoms with Crippen molar-refractivity contribution in [3.63, 3.8) is 0 Å². The highest BCUT2D eigenvalue weighted by Crippen LogP contribution is 2.36. The molecule has 21 heavy (non-hydrogen) atoms. The summed E-state index contributed by atoms with van der Waals surface area (Å²) in [7, 11) is 0. The van der Waals surface area contributed by atoms with E-state index in [1.165, 1.54) is 35.2 Å². The Hall–Kier alpha value is -0.610. The molecule has 120 valence electrons. The van der Waals surface area contributed by atoms with Gasteiger partial charge in [-0.3, -0.25) is 0 Å². The lowest BCUT2D eigenvalue weighted by Gasteiger charge is -2.18. The third-order valence-corrected chi connectivity index (χ3v) is 5.49. The monoisotopic (exact) mass is 309 g/mol. The molecule has 1 aliphatic heterocycles. The van der Waals surface area contributed by atoms with Crippen LogP contribution < -0.4 is 10.2 Å². The van der Waals surface area contributed by atoms with Gasteiger partial charge in [0.15, 0.2) is 5.13 Å². The van der Waals surface area contributed by atoms with Gasteiger partial charge in [-0.25, -0.2) is 4.98 Å². The molecule has 0 saturated carbocycles. The van der Waals surface area contributed by atoms with Gasteiger partial charge in [0, 0.05) is 29.9 Å². The average molecular weight is 310 g/mol. The molecule has 1 saturated heterocycles. The molecule has 2 heterocycles. The van der Waals surface area contributed by atoms with E-state index in [0.717, 1.165) is 24.9 Å². The van der Waals surface area contributed by atoms with Crippen LogP contribution in [0.2, 0.25) is 0 Å². The van der Waals surface area contributed by atoms with Gasteiger partial charge in [-0.05, 0) is 24.8 Å². The summed E-state index contributed by atoms with van der Waals surface area (Å²) < 4.78 is 0. The number of aromatic nitrogens is 1. The van der Waals surface area contributed by atoms with Gasteiger partial charge in [0.25, 0.3) is 0 Å².